The summed E-state index contributed by atoms with van der Waals surface area (Å²) in [6.45, 7) is 5.97. The molecule has 10 heteroatoms. The molecule has 0 saturated heterocycles. The molecule has 29 heavy (non-hydrogen) atoms. The van der Waals surface area contributed by atoms with Crippen molar-refractivity contribution in [2.75, 3.05) is 6.61 Å². The fourth-order valence-electron chi connectivity index (χ4n) is 2.71. The Morgan fingerprint density at radius 2 is 2.07 bits per heavy atom. The van der Waals surface area contributed by atoms with E-state index >= 15 is 0 Å². The van der Waals surface area contributed by atoms with Crippen LogP contribution in [0.1, 0.15) is 42.8 Å². The number of hydrogen-bond acceptors (Lipinski definition) is 7. The van der Waals surface area contributed by atoms with Gasteiger partial charge in [0.25, 0.3) is 0 Å². The van der Waals surface area contributed by atoms with Gasteiger partial charge in [0.05, 0.1) is 22.9 Å². The minimum atomic E-state index is -0.772. The van der Waals surface area contributed by atoms with E-state index in [2.05, 4.69) is 18.8 Å². The summed E-state index contributed by atoms with van der Waals surface area (Å²) in [6, 6.07) is 8.12. The van der Waals surface area contributed by atoms with Crippen molar-refractivity contribution < 1.29 is 23.7 Å². The third-order valence-corrected chi connectivity index (χ3v) is 5.19. The van der Waals surface area contributed by atoms with Gasteiger partial charge in [-0.15, -0.1) is 0 Å². The van der Waals surface area contributed by atoms with Crippen LogP contribution in [0.25, 0.3) is 10.2 Å². The number of aromatic nitrogens is 1. The van der Waals surface area contributed by atoms with E-state index in [4.69, 9.17) is 9.15 Å². The zero-order valence-corrected chi connectivity index (χ0v) is 16.9. The van der Waals surface area contributed by atoms with Gasteiger partial charge < -0.3 is 13.7 Å². The van der Waals surface area contributed by atoms with Crippen molar-refractivity contribution in [2.24, 2.45) is 4.99 Å². The lowest BCUT2D eigenvalue weighted by Crippen LogP contribution is -2.23. The molecule has 1 aromatic carbocycles. The van der Waals surface area contributed by atoms with Crippen molar-refractivity contribution in [3.05, 3.63) is 56.6 Å². The first-order chi connectivity index (χ1) is 13.8. The lowest BCUT2D eigenvalue weighted by molar-refractivity contribution is -0.402. The molecule has 0 unspecified atom stereocenters. The molecule has 1 amide bonds. The molecule has 0 aliphatic carbocycles. The van der Waals surface area contributed by atoms with Crippen LogP contribution in [0.4, 0.5) is 5.88 Å². The van der Waals surface area contributed by atoms with Crippen LogP contribution in [-0.2, 0) is 16.1 Å². The number of thiazole rings is 1. The van der Waals surface area contributed by atoms with E-state index in [0.29, 0.717) is 5.92 Å². The number of amides is 1. The third-order valence-electron chi connectivity index (χ3n) is 4.15. The molecule has 0 fully saturated rings. The van der Waals surface area contributed by atoms with Gasteiger partial charge in [-0.25, -0.2) is 0 Å². The van der Waals surface area contributed by atoms with Crippen LogP contribution in [0.2, 0.25) is 0 Å². The van der Waals surface area contributed by atoms with Crippen LogP contribution in [0.5, 0.6) is 0 Å². The molecule has 0 bridgehead atoms. The SMILES string of the molecule is CCOC(=O)Cn1c(=NC(=O)c2ccc([N+](=O)[O-])o2)sc2cc(C(C)C)ccc21. The van der Waals surface area contributed by atoms with Crippen LogP contribution < -0.4 is 4.80 Å². The lowest BCUT2D eigenvalue weighted by atomic mass is 10.0. The van der Waals surface area contributed by atoms with Gasteiger partial charge >= 0.3 is 17.8 Å². The normalized spacial score (nSPS) is 11.9. The number of hydrogen-bond donors (Lipinski definition) is 0. The van der Waals surface area contributed by atoms with Gasteiger partial charge in [-0.1, -0.05) is 31.3 Å². The Bertz CT molecular complexity index is 1150. The molecule has 0 aliphatic rings. The number of fused-ring (bicyclic) bond motifs is 1. The molecule has 0 aliphatic heterocycles. The molecule has 3 rings (SSSR count). The van der Waals surface area contributed by atoms with Crippen molar-refractivity contribution in [2.45, 2.75) is 33.2 Å². The number of benzene rings is 1. The molecule has 0 spiro atoms. The first-order valence-corrected chi connectivity index (χ1v) is 9.74. The summed E-state index contributed by atoms with van der Waals surface area (Å²) in [5.74, 6) is -1.71. The van der Waals surface area contributed by atoms with Gasteiger partial charge in [0.15, 0.2) is 4.80 Å². The van der Waals surface area contributed by atoms with Gasteiger partial charge in [-0.05, 0) is 36.6 Å². The summed E-state index contributed by atoms with van der Waals surface area (Å²) in [7, 11) is 0. The summed E-state index contributed by atoms with van der Waals surface area (Å²) in [5, 5.41) is 10.8. The second-order valence-electron chi connectivity index (χ2n) is 6.47. The number of ether oxygens (including phenoxy) is 1. The zero-order valence-electron chi connectivity index (χ0n) is 16.1. The van der Waals surface area contributed by atoms with Crippen molar-refractivity contribution in [3.8, 4) is 0 Å². The minimum absolute atomic E-state index is 0.112. The lowest BCUT2D eigenvalue weighted by Gasteiger charge is -2.07. The summed E-state index contributed by atoms with van der Waals surface area (Å²) in [6.07, 6.45) is 0. The first kappa shape index (κ1) is 20.5. The largest absolute Gasteiger partial charge is 0.465 e. The summed E-state index contributed by atoms with van der Waals surface area (Å²) < 4.78 is 12.4. The van der Waals surface area contributed by atoms with E-state index in [1.807, 2.05) is 18.2 Å². The molecule has 0 N–H and O–H groups in total. The Morgan fingerprint density at radius 3 is 2.69 bits per heavy atom. The maximum atomic E-state index is 12.5. The maximum Gasteiger partial charge on any atom is 0.433 e. The van der Waals surface area contributed by atoms with E-state index in [9.17, 15) is 19.7 Å². The average molecular weight is 417 g/mol. The summed E-state index contributed by atoms with van der Waals surface area (Å²) >= 11 is 1.24. The highest BCUT2D eigenvalue weighted by atomic mass is 32.1. The quantitative estimate of drug-likeness (QED) is 0.343. The van der Waals surface area contributed by atoms with Crippen LogP contribution >= 0.6 is 11.3 Å². The first-order valence-electron chi connectivity index (χ1n) is 8.92. The summed E-state index contributed by atoms with van der Waals surface area (Å²) in [5.41, 5.74) is 1.85. The van der Waals surface area contributed by atoms with E-state index in [0.717, 1.165) is 21.8 Å². The number of esters is 1. The molecular weight excluding hydrogens is 398 g/mol. The van der Waals surface area contributed by atoms with Gasteiger partial charge in [0.2, 0.25) is 5.76 Å². The van der Waals surface area contributed by atoms with Crippen LogP contribution in [0, 0.1) is 10.1 Å². The fraction of sp³-hybridized carbons (Fsp3) is 0.316. The highest BCUT2D eigenvalue weighted by Gasteiger charge is 2.18. The number of nitro groups is 1. The molecule has 152 valence electrons. The number of carbonyl (C=O) groups is 2. The van der Waals surface area contributed by atoms with E-state index in [-0.39, 0.29) is 23.7 Å². The second kappa shape index (κ2) is 8.39. The van der Waals surface area contributed by atoms with Crippen molar-refractivity contribution in [1.29, 1.82) is 0 Å². The number of carbonyl (C=O) groups excluding carboxylic acids is 2. The predicted molar refractivity (Wildman–Crippen MR) is 106 cm³/mol. The maximum absolute atomic E-state index is 12.5. The predicted octanol–water partition coefficient (Wildman–Crippen LogP) is 3.63. The topological polar surface area (TPSA) is 117 Å². The van der Waals surface area contributed by atoms with Gasteiger partial charge in [-0.3, -0.25) is 19.7 Å². The Morgan fingerprint density at radius 1 is 1.31 bits per heavy atom. The molecule has 2 aromatic heterocycles. The van der Waals surface area contributed by atoms with E-state index < -0.39 is 22.7 Å². The van der Waals surface area contributed by atoms with Crippen LogP contribution in [0.3, 0.4) is 0 Å². The van der Waals surface area contributed by atoms with Gasteiger partial charge in [0, 0.05) is 0 Å². The van der Waals surface area contributed by atoms with E-state index in [1.54, 1.807) is 11.5 Å². The highest BCUT2D eigenvalue weighted by Crippen LogP contribution is 2.24. The average Bonchev–Trinajstić information content (AvgIpc) is 3.27. The Labute approximate surface area is 169 Å². The highest BCUT2D eigenvalue weighted by molar-refractivity contribution is 7.16. The van der Waals surface area contributed by atoms with Crippen molar-refractivity contribution in [1.82, 2.24) is 4.57 Å². The molecule has 2 heterocycles. The fourth-order valence-corrected chi connectivity index (χ4v) is 3.78. The molecule has 3 aromatic rings. The molecule has 0 atom stereocenters. The monoisotopic (exact) mass is 417 g/mol. The standard InChI is InChI=1S/C19H19N3O6S/c1-4-27-17(23)10-21-13-6-5-12(11(2)3)9-15(13)29-19(21)20-18(24)14-7-8-16(28-14)22(25)26/h5-9,11H,4,10H2,1-3H3. The second-order valence-corrected chi connectivity index (χ2v) is 7.48. The number of furan rings is 1. The summed E-state index contributed by atoms with van der Waals surface area (Å²) in [4.78, 5) is 38.9. The number of rotatable bonds is 6. The third kappa shape index (κ3) is 4.43. The molecule has 0 saturated carbocycles. The van der Waals surface area contributed by atoms with Crippen LogP contribution in [-0.4, -0.2) is 28.0 Å². The van der Waals surface area contributed by atoms with E-state index in [1.165, 1.54) is 17.4 Å². The number of nitrogens with zero attached hydrogens (tertiary/aromatic N) is 3. The Balaban J connectivity index is 2.10. The Kier molecular flexibility index (Phi) is 5.92. The van der Waals surface area contributed by atoms with Crippen molar-refractivity contribution in [3.63, 3.8) is 0 Å². The van der Waals surface area contributed by atoms with Gasteiger partial charge in [0.1, 0.15) is 11.5 Å². The van der Waals surface area contributed by atoms with Crippen molar-refractivity contribution >= 4 is 39.3 Å². The molecule has 0 radical (unpaired) electrons. The smallest absolute Gasteiger partial charge is 0.433 e. The zero-order chi connectivity index (χ0) is 21.1. The minimum Gasteiger partial charge on any atom is -0.465 e. The Hall–Kier alpha value is -3.27. The van der Waals surface area contributed by atoms with Gasteiger partial charge in [-0.2, -0.15) is 4.99 Å². The molecular formula is C19H19N3O6S. The van der Waals surface area contributed by atoms with Crippen LogP contribution in [0.15, 0.2) is 39.7 Å². The molecule has 9 nitrogen and oxygen atoms in total.